The fourth-order valence-corrected chi connectivity index (χ4v) is 2.34. The maximum Gasteiger partial charge on any atom is 0.223 e. The van der Waals surface area contributed by atoms with E-state index in [0.29, 0.717) is 13.0 Å². The lowest BCUT2D eigenvalue weighted by atomic mass is 9.92. The van der Waals surface area contributed by atoms with Crippen LogP contribution in [-0.4, -0.2) is 29.8 Å². The van der Waals surface area contributed by atoms with Crippen LogP contribution in [0.25, 0.3) is 0 Å². The molecule has 0 unspecified atom stereocenters. The van der Waals surface area contributed by atoms with Gasteiger partial charge >= 0.3 is 0 Å². The van der Waals surface area contributed by atoms with Gasteiger partial charge in [0.05, 0.1) is 25.2 Å². The van der Waals surface area contributed by atoms with E-state index in [2.05, 4.69) is 5.32 Å². The normalized spacial score (nSPS) is 22.8. The van der Waals surface area contributed by atoms with Crippen LogP contribution in [0.4, 0.5) is 0 Å². The smallest absolute Gasteiger partial charge is 0.223 e. The molecule has 1 amide bonds. The number of benzene rings is 1. The number of hydrogen-bond acceptors (Lipinski definition) is 3. The number of rotatable bonds is 5. The van der Waals surface area contributed by atoms with Crippen molar-refractivity contribution in [2.24, 2.45) is 0 Å². The molecule has 0 saturated heterocycles. The second kappa shape index (κ2) is 7.14. The number of carbonyl (C=O) groups excluding carboxylic acids is 1. The Bertz CT molecular complexity index is 394. The van der Waals surface area contributed by atoms with Gasteiger partial charge in [-0.3, -0.25) is 4.79 Å². The summed E-state index contributed by atoms with van der Waals surface area (Å²) in [4.78, 5) is 11.7. The van der Waals surface area contributed by atoms with Crippen molar-refractivity contribution in [2.75, 3.05) is 6.61 Å². The van der Waals surface area contributed by atoms with Crippen molar-refractivity contribution in [3.63, 3.8) is 0 Å². The number of carbonyl (C=O) groups is 1. The topological polar surface area (TPSA) is 58.6 Å². The van der Waals surface area contributed by atoms with E-state index in [-0.39, 0.29) is 11.9 Å². The summed E-state index contributed by atoms with van der Waals surface area (Å²) in [6, 6.07) is 9.36. The first kappa shape index (κ1) is 13.9. The van der Waals surface area contributed by atoms with Gasteiger partial charge in [0.25, 0.3) is 0 Å². The molecular formula is C15H21NO3. The molecule has 104 valence electrons. The van der Waals surface area contributed by atoms with E-state index >= 15 is 0 Å². The Kier molecular flexibility index (Phi) is 5.21. The van der Waals surface area contributed by atoms with E-state index in [4.69, 9.17) is 4.74 Å². The minimum absolute atomic E-state index is 0.0538. The summed E-state index contributed by atoms with van der Waals surface area (Å²) in [5.74, 6) is 0.717. The van der Waals surface area contributed by atoms with Crippen LogP contribution in [-0.2, 0) is 4.79 Å². The second-order valence-electron chi connectivity index (χ2n) is 4.94. The van der Waals surface area contributed by atoms with E-state index < -0.39 is 6.10 Å². The first-order valence-electron chi connectivity index (χ1n) is 6.91. The SMILES string of the molecule is O=C(CCOc1ccccc1)N[C@H]1CCCC[C@@H]1O. The van der Waals surface area contributed by atoms with Crippen molar-refractivity contribution in [1.82, 2.24) is 5.32 Å². The molecule has 4 nitrogen and oxygen atoms in total. The molecule has 2 rings (SSSR count). The zero-order valence-corrected chi connectivity index (χ0v) is 11.0. The van der Waals surface area contributed by atoms with Crippen molar-refractivity contribution >= 4 is 5.91 Å². The monoisotopic (exact) mass is 263 g/mol. The van der Waals surface area contributed by atoms with Crippen LogP contribution in [0.3, 0.4) is 0 Å². The lowest BCUT2D eigenvalue weighted by Gasteiger charge is -2.28. The molecule has 4 heteroatoms. The zero-order chi connectivity index (χ0) is 13.5. The number of para-hydroxylation sites is 1. The lowest BCUT2D eigenvalue weighted by molar-refractivity contribution is -0.123. The number of amides is 1. The van der Waals surface area contributed by atoms with Crippen LogP contribution < -0.4 is 10.1 Å². The molecule has 1 aromatic rings. The predicted molar refractivity (Wildman–Crippen MR) is 73.0 cm³/mol. The Morgan fingerprint density at radius 2 is 2.00 bits per heavy atom. The molecule has 0 heterocycles. The van der Waals surface area contributed by atoms with Crippen molar-refractivity contribution in [1.29, 1.82) is 0 Å². The van der Waals surface area contributed by atoms with Crippen LogP contribution in [0.15, 0.2) is 30.3 Å². The van der Waals surface area contributed by atoms with Crippen LogP contribution in [0.2, 0.25) is 0 Å². The molecular weight excluding hydrogens is 242 g/mol. The highest BCUT2D eigenvalue weighted by Gasteiger charge is 2.24. The summed E-state index contributed by atoms with van der Waals surface area (Å²) in [7, 11) is 0. The molecule has 0 aromatic heterocycles. The molecule has 0 bridgehead atoms. The van der Waals surface area contributed by atoms with Gasteiger partial charge in [-0.1, -0.05) is 31.0 Å². The van der Waals surface area contributed by atoms with E-state index in [1.54, 1.807) is 0 Å². The van der Waals surface area contributed by atoms with E-state index in [9.17, 15) is 9.90 Å². The highest BCUT2D eigenvalue weighted by atomic mass is 16.5. The second-order valence-corrected chi connectivity index (χ2v) is 4.94. The fourth-order valence-electron chi connectivity index (χ4n) is 2.34. The van der Waals surface area contributed by atoms with Crippen LogP contribution in [0, 0.1) is 0 Å². The van der Waals surface area contributed by atoms with Gasteiger partial charge in [-0.2, -0.15) is 0 Å². The standard InChI is InChI=1S/C15H21NO3/c17-14-9-5-4-8-13(14)16-15(18)10-11-19-12-6-2-1-3-7-12/h1-3,6-7,13-14,17H,4-5,8-11H2,(H,16,18)/t13-,14-/m0/s1. The summed E-state index contributed by atoms with van der Waals surface area (Å²) in [6.45, 7) is 0.360. The van der Waals surface area contributed by atoms with E-state index in [0.717, 1.165) is 31.4 Å². The molecule has 1 aliphatic carbocycles. The third kappa shape index (κ3) is 4.56. The Morgan fingerprint density at radius 1 is 1.26 bits per heavy atom. The zero-order valence-electron chi connectivity index (χ0n) is 11.0. The Hall–Kier alpha value is -1.55. The van der Waals surface area contributed by atoms with Gasteiger partial charge in [0.2, 0.25) is 5.91 Å². The molecule has 0 radical (unpaired) electrons. The van der Waals surface area contributed by atoms with Crippen molar-refractivity contribution in [3.05, 3.63) is 30.3 Å². The third-order valence-electron chi connectivity index (χ3n) is 3.42. The summed E-state index contributed by atoms with van der Waals surface area (Å²) in [6.07, 6.45) is 3.69. The maximum atomic E-state index is 11.7. The summed E-state index contributed by atoms with van der Waals surface area (Å²) < 4.78 is 5.47. The highest BCUT2D eigenvalue weighted by molar-refractivity contribution is 5.76. The number of aliphatic hydroxyl groups is 1. The first-order chi connectivity index (χ1) is 9.25. The van der Waals surface area contributed by atoms with Gasteiger partial charge in [-0.05, 0) is 25.0 Å². The van der Waals surface area contributed by atoms with Crippen LogP contribution >= 0.6 is 0 Å². The molecule has 1 saturated carbocycles. The highest BCUT2D eigenvalue weighted by Crippen LogP contribution is 2.18. The molecule has 0 aliphatic heterocycles. The third-order valence-corrected chi connectivity index (χ3v) is 3.42. The van der Waals surface area contributed by atoms with Crippen molar-refractivity contribution in [2.45, 2.75) is 44.2 Å². The van der Waals surface area contributed by atoms with Crippen molar-refractivity contribution in [3.8, 4) is 5.75 Å². The van der Waals surface area contributed by atoms with Gasteiger partial charge in [-0.15, -0.1) is 0 Å². The van der Waals surface area contributed by atoms with Crippen molar-refractivity contribution < 1.29 is 14.6 Å². The fraction of sp³-hybridized carbons (Fsp3) is 0.533. The van der Waals surface area contributed by atoms with E-state index in [1.807, 2.05) is 30.3 Å². The molecule has 1 fully saturated rings. The summed E-state index contributed by atoms with van der Waals surface area (Å²) in [5.41, 5.74) is 0. The Balaban J connectivity index is 1.67. The van der Waals surface area contributed by atoms with Gasteiger partial charge in [0, 0.05) is 0 Å². The molecule has 2 atom stereocenters. The van der Waals surface area contributed by atoms with Gasteiger partial charge in [0.15, 0.2) is 0 Å². The van der Waals surface area contributed by atoms with E-state index in [1.165, 1.54) is 0 Å². The summed E-state index contributed by atoms with van der Waals surface area (Å²) >= 11 is 0. The quantitative estimate of drug-likeness (QED) is 0.852. The largest absolute Gasteiger partial charge is 0.493 e. The van der Waals surface area contributed by atoms with Gasteiger partial charge in [-0.25, -0.2) is 0 Å². The van der Waals surface area contributed by atoms with Gasteiger partial charge < -0.3 is 15.2 Å². The average Bonchev–Trinajstić information content (AvgIpc) is 2.43. The summed E-state index contributed by atoms with van der Waals surface area (Å²) in [5, 5.41) is 12.7. The Morgan fingerprint density at radius 3 is 2.74 bits per heavy atom. The molecule has 1 aromatic carbocycles. The molecule has 2 N–H and O–H groups in total. The number of aliphatic hydroxyl groups excluding tert-OH is 1. The lowest BCUT2D eigenvalue weighted by Crippen LogP contribution is -2.45. The molecule has 1 aliphatic rings. The number of nitrogens with one attached hydrogen (secondary N) is 1. The minimum Gasteiger partial charge on any atom is -0.493 e. The molecule has 0 spiro atoms. The maximum absolute atomic E-state index is 11.7. The molecule has 19 heavy (non-hydrogen) atoms. The average molecular weight is 263 g/mol. The van der Waals surface area contributed by atoms with Crippen LogP contribution in [0.1, 0.15) is 32.1 Å². The first-order valence-corrected chi connectivity index (χ1v) is 6.91. The Labute approximate surface area is 113 Å². The predicted octanol–water partition coefficient (Wildman–Crippen LogP) is 1.88. The minimum atomic E-state index is -0.396. The number of ether oxygens (including phenoxy) is 1. The number of hydrogen-bond donors (Lipinski definition) is 2. The van der Waals surface area contributed by atoms with Gasteiger partial charge in [0.1, 0.15) is 5.75 Å². The van der Waals surface area contributed by atoms with Crippen LogP contribution in [0.5, 0.6) is 5.75 Å².